The molecule has 88 valence electrons. The Bertz CT molecular complexity index is 219. The number of likely N-dealkylation sites (N-methyl/N-ethyl adjacent to an activating group) is 1. The lowest BCUT2D eigenvalue weighted by molar-refractivity contribution is -0.124. The first kappa shape index (κ1) is 13.9. The molecule has 0 spiro atoms. The summed E-state index contributed by atoms with van der Waals surface area (Å²) in [5.74, 6) is -0.202. The molecule has 0 aromatic carbocycles. The number of carbonyl (C=O) groups is 2. The van der Waals surface area contributed by atoms with Crippen molar-refractivity contribution in [1.29, 1.82) is 0 Å². The number of hydrogen-bond acceptors (Lipinski definition) is 3. The molecule has 2 amide bonds. The van der Waals surface area contributed by atoms with E-state index in [1.807, 2.05) is 13.8 Å². The molecule has 0 saturated carbocycles. The topological polar surface area (TPSA) is 70.2 Å². The van der Waals surface area contributed by atoms with Crippen molar-refractivity contribution in [2.45, 2.75) is 39.3 Å². The van der Waals surface area contributed by atoms with E-state index >= 15 is 0 Å². The Morgan fingerprint density at radius 3 is 2.33 bits per heavy atom. The van der Waals surface area contributed by atoms with Crippen LogP contribution in [-0.2, 0) is 9.59 Å². The molecule has 0 heterocycles. The maximum absolute atomic E-state index is 11.5. The molecule has 0 aliphatic rings. The van der Waals surface area contributed by atoms with Gasteiger partial charge in [-0.05, 0) is 20.3 Å². The first-order valence-corrected chi connectivity index (χ1v) is 5.25. The molecule has 0 rings (SSSR count). The summed E-state index contributed by atoms with van der Waals surface area (Å²) in [4.78, 5) is 22.4. The van der Waals surface area contributed by atoms with Crippen LogP contribution in [0.25, 0.3) is 0 Å². The normalized spacial score (nSPS) is 14.1. The molecule has 5 heteroatoms. The predicted molar refractivity (Wildman–Crippen MR) is 59.4 cm³/mol. The van der Waals surface area contributed by atoms with E-state index in [0.29, 0.717) is 0 Å². The summed E-state index contributed by atoms with van der Waals surface area (Å²) < 4.78 is 0. The van der Waals surface area contributed by atoms with Crippen molar-refractivity contribution >= 4 is 11.8 Å². The Kier molecular flexibility index (Phi) is 6.70. The lowest BCUT2D eigenvalue weighted by Crippen LogP contribution is -2.47. The van der Waals surface area contributed by atoms with Crippen molar-refractivity contribution in [2.75, 3.05) is 13.6 Å². The highest BCUT2D eigenvalue weighted by atomic mass is 16.2. The summed E-state index contributed by atoms with van der Waals surface area (Å²) in [6.45, 7) is 5.85. The lowest BCUT2D eigenvalue weighted by atomic mass is 10.2. The van der Waals surface area contributed by atoms with Gasteiger partial charge in [0.25, 0.3) is 0 Å². The van der Waals surface area contributed by atoms with Gasteiger partial charge in [-0.3, -0.25) is 14.9 Å². The molecule has 2 unspecified atom stereocenters. The zero-order chi connectivity index (χ0) is 11.8. The third kappa shape index (κ3) is 6.06. The third-order valence-electron chi connectivity index (χ3n) is 2.24. The number of nitrogens with one attached hydrogen (secondary N) is 3. The van der Waals surface area contributed by atoms with Crippen LogP contribution in [0.15, 0.2) is 0 Å². The molecule has 15 heavy (non-hydrogen) atoms. The van der Waals surface area contributed by atoms with Gasteiger partial charge in [0.2, 0.25) is 11.8 Å². The van der Waals surface area contributed by atoms with E-state index in [1.165, 1.54) is 0 Å². The maximum Gasteiger partial charge on any atom is 0.237 e. The maximum atomic E-state index is 11.5. The smallest absolute Gasteiger partial charge is 0.237 e. The largest absolute Gasteiger partial charge is 0.358 e. The number of rotatable bonds is 6. The molecular weight excluding hydrogens is 194 g/mol. The van der Waals surface area contributed by atoms with Gasteiger partial charge >= 0.3 is 0 Å². The summed E-state index contributed by atoms with van der Waals surface area (Å²) in [6.07, 6.45) is 0.897. The second kappa shape index (κ2) is 7.23. The SMILES string of the molecule is CCC(C)NC(=O)C(C)NCC(=O)NC. The van der Waals surface area contributed by atoms with Crippen LogP contribution in [0, 0.1) is 0 Å². The fourth-order valence-electron chi connectivity index (χ4n) is 0.897. The van der Waals surface area contributed by atoms with Crippen LogP contribution in [0.2, 0.25) is 0 Å². The van der Waals surface area contributed by atoms with E-state index in [-0.39, 0.29) is 30.4 Å². The van der Waals surface area contributed by atoms with E-state index in [1.54, 1.807) is 14.0 Å². The van der Waals surface area contributed by atoms with Crippen LogP contribution in [0.5, 0.6) is 0 Å². The van der Waals surface area contributed by atoms with Gasteiger partial charge in [-0.25, -0.2) is 0 Å². The van der Waals surface area contributed by atoms with Crippen molar-refractivity contribution in [3.8, 4) is 0 Å². The van der Waals surface area contributed by atoms with E-state index in [4.69, 9.17) is 0 Å². The Morgan fingerprint density at radius 2 is 1.87 bits per heavy atom. The molecule has 0 radical (unpaired) electrons. The second-order valence-corrected chi connectivity index (χ2v) is 3.59. The monoisotopic (exact) mass is 215 g/mol. The van der Waals surface area contributed by atoms with Crippen molar-refractivity contribution in [3.05, 3.63) is 0 Å². The first-order chi connectivity index (χ1) is 7.01. The third-order valence-corrected chi connectivity index (χ3v) is 2.24. The van der Waals surface area contributed by atoms with E-state index < -0.39 is 0 Å². The van der Waals surface area contributed by atoms with E-state index in [2.05, 4.69) is 16.0 Å². The van der Waals surface area contributed by atoms with Crippen LogP contribution in [0.3, 0.4) is 0 Å². The van der Waals surface area contributed by atoms with Crippen molar-refractivity contribution in [3.63, 3.8) is 0 Å². The Balaban J connectivity index is 3.83. The van der Waals surface area contributed by atoms with Gasteiger partial charge in [0.05, 0.1) is 12.6 Å². The van der Waals surface area contributed by atoms with Gasteiger partial charge < -0.3 is 10.6 Å². The minimum atomic E-state index is -0.351. The average Bonchev–Trinajstić information content (AvgIpc) is 2.24. The van der Waals surface area contributed by atoms with Crippen LogP contribution in [0.1, 0.15) is 27.2 Å². The standard InChI is InChI=1S/C10H21N3O2/c1-5-7(2)13-10(15)8(3)12-6-9(14)11-4/h7-8,12H,5-6H2,1-4H3,(H,11,14)(H,13,15). The predicted octanol–water partition coefficient (Wildman–Crippen LogP) is -0.375. The zero-order valence-corrected chi connectivity index (χ0v) is 9.89. The fraction of sp³-hybridized carbons (Fsp3) is 0.800. The van der Waals surface area contributed by atoms with Gasteiger partial charge in [-0.15, -0.1) is 0 Å². The molecule has 3 N–H and O–H groups in total. The fourth-order valence-corrected chi connectivity index (χ4v) is 0.897. The summed E-state index contributed by atoms with van der Waals surface area (Å²) in [5, 5.41) is 8.15. The van der Waals surface area contributed by atoms with Gasteiger partial charge in [-0.2, -0.15) is 0 Å². The summed E-state index contributed by atoms with van der Waals surface area (Å²) in [6, 6.07) is -0.182. The molecule has 5 nitrogen and oxygen atoms in total. The Hall–Kier alpha value is -1.10. The van der Waals surface area contributed by atoms with Crippen LogP contribution in [0.4, 0.5) is 0 Å². The Morgan fingerprint density at radius 1 is 1.27 bits per heavy atom. The number of hydrogen-bond donors (Lipinski definition) is 3. The van der Waals surface area contributed by atoms with Gasteiger partial charge in [0.1, 0.15) is 0 Å². The van der Waals surface area contributed by atoms with E-state index in [0.717, 1.165) is 6.42 Å². The summed E-state index contributed by atoms with van der Waals surface area (Å²) in [5.41, 5.74) is 0. The van der Waals surface area contributed by atoms with Crippen LogP contribution < -0.4 is 16.0 Å². The number of carbonyl (C=O) groups excluding carboxylic acids is 2. The molecule has 0 aliphatic heterocycles. The molecule has 0 fully saturated rings. The quantitative estimate of drug-likeness (QED) is 0.566. The second-order valence-electron chi connectivity index (χ2n) is 3.59. The molecule has 0 bridgehead atoms. The minimum absolute atomic E-state index is 0.0757. The first-order valence-electron chi connectivity index (χ1n) is 5.25. The van der Waals surface area contributed by atoms with Gasteiger partial charge in [-0.1, -0.05) is 6.92 Å². The molecule has 0 aliphatic carbocycles. The lowest BCUT2D eigenvalue weighted by Gasteiger charge is -2.16. The van der Waals surface area contributed by atoms with E-state index in [9.17, 15) is 9.59 Å². The number of amides is 2. The molecule has 2 atom stereocenters. The summed E-state index contributed by atoms with van der Waals surface area (Å²) in [7, 11) is 1.56. The highest BCUT2D eigenvalue weighted by molar-refractivity contribution is 5.83. The average molecular weight is 215 g/mol. The van der Waals surface area contributed by atoms with Crippen LogP contribution in [-0.4, -0.2) is 37.5 Å². The Labute approximate surface area is 91.0 Å². The van der Waals surface area contributed by atoms with Gasteiger partial charge in [0, 0.05) is 13.1 Å². The summed E-state index contributed by atoms with van der Waals surface area (Å²) >= 11 is 0. The molecule has 0 aromatic heterocycles. The highest BCUT2D eigenvalue weighted by Gasteiger charge is 2.14. The highest BCUT2D eigenvalue weighted by Crippen LogP contribution is 1.90. The minimum Gasteiger partial charge on any atom is -0.358 e. The van der Waals surface area contributed by atoms with Crippen LogP contribution >= 0.6 is 0 Å². The molecular formula is C10H21N3O2. The van der Waals surface area contributed by atoms with Crippen molar-refractivity contribution in [2.24, 2.45) is 0 Å². The molecule has 0 saturated heterocycles. The van der Waals surface area contributed by atoms with Gasteiger partial charge in [0.15, 0.2) is 0 Å². The molecule has 0 aromatic rings. The van der Waals surface area contributed by atoms with Crippen molar-refractivity contribution in [1.82, 2.24) is 16.0 Å². The van der Waals surface area contributed by atoms with Crippen molar-refractivity contribution < 1.29 is 9.59 Å². The zero-order valence-electron chi connectivity index (χ0n) is 9.89.